The molecule has 0 aliphatic rings. The Bertz CT molecular complexity index is 13.6. The summed E-state index contributed by atoms with van der Waals surface area (Å²) in [7, 11) is 0. The molecule has 0 aliphatic carbocycles. The van der Waals surface area contributed by atoms with E-state index < -0.39 is 0 Å². The van der Waals surface area contributed by atoms with E-state index in [-0.39, 0.29) is 57.0 Å². The summed E-state index contributed by atoms with van der Waals surface area (Å²) in [5.74, 6) is 0. The minimum atomic E-state index is 0. The minimum Gasteiger partial charge on any atom is -0.518 e. The predicted molar refractivity (Wildman–Crippen MR) is 27.4 cm³/mol. The van der Waals surface area contributed by atoms with Gasteiger partial charge in [0, 0.05) is 21.1 Å². The van der Waals surface area contributed by atoms with Crippen LogP contribution in [-0.4, -0.2) is 0 Å². The first-order valence-electron chi connectivity index (χ1n) is 0.911. The summed E-state index contributed by atoms with van der Waals surface area (Å²) < 4.78 is 0. The van der Waals surface area contributed by atoms with Gasteiger partial charge in [-0.1, -0.05) is 6.92 Å². The number of hydrogen-bond acceptors (Lipinski definition) is 0. The standard InChI is InChI=1S/C3H5.2CH3.2W/c1-3-2;;;;/h1,3H,2H3;2*1H3;;/q3*-1;;+2. The molecule has 0 rings (SSSR count). The molecule has 0 aromatic carbocycles. The quantitative estimate of drug-likeness (QED) is 0.507. The zero-order chi connectivity index (χ0) is 2.71. The summed E-state index contributed by atoms with van der Waals surface area (Å²) in [5.41, 5.74) is 0. The predicted octanol–water partition coefficient (Wildman–Crippen LogP) is 1.89. The van der Waals surface area contributed by atoms with Crippen LogP contribution in [0.3, 0.4) is 0 Å². The van der Waals surface area contributed by atoms with Gasteiger partial charge in [0.15, 0.2) is 0 Å². The van der Waals surface area contributed by atoms with Crippen molar-refractivity contribution in [3.05, 3.63) is 27.5 Å². The SMILES string of the molecule is [CH-]=CC.[CH3-].[CH3-].[W+2].[W]. The van der Waals surface area contributed by atoms with Gasteiger partial charge in [-0.05, 0) is 0 Å². The molecule has 0 fully saturated rings. The van der Waals surface area contributed by atoms with Gasteiger partial charge >= 0.3 is 21.1 Å². The Morgan fingerprint density at radius 2 is 1.29 bits per heavy atom. The molecule has 7 heavy (non-hydrogen) atoms. The van der Waals surface area contributed by atoms with Crippen molar-refractivity contribution in [3.63, 3.8) is 0 Å². The second-order valence-electron chi connectivity index (χ2n) is 0.333. The molecule has 0 bridgehead atoms. The van der Waals surface area contributed by atoms with Crippen molar-refractivity contribution >= 4 is 0 Å². The summed E-state index contributed by atoms with van der Waals surface area (Å²) in [6.07, 6.45) is 1.50. The Labute approximate surface area is 76.3 Å². The van der Waals surface area contributed by atoms with E-state index in [9.17, 15) is 0 Å². The van der Waals surface area contributed by atoms with Gasteiger partial charge < -0.3 is 21.4 Å². The molecule has 0 atom stereocenters. The molecule has 0 aliphatic heterocycles. The van der Waals surface area contributed by atoms with Gasteiger partial charge in [0.2, 0.25) is 0 Å². The zero-order valence-corrected chi connectivity index (χ0v) is 10.8. The van der Waals surface area contributed by atoms with Gasteiger partial charge in [-0.25, -0.2) is 0 Å². The molecule has 0 radical (unpaired) electrons. The Hall–Kier alpha value is 1.12. The van der Waals surface area contributed by atoms with Crippen molar-refractivity contribution in [1.29, 1.82) is 0 Å². The molecule has 0 saturated heterocycles. The third kappa shape index (κ3) is 149. The van der Waals surface area contributed by atoms with Gasteiger partial charge in [0.1, 0.15) is 0 Å². The van der Waals surface area contributed by atoms with Crippen LogP contribution in [-0.2, 0) is 42.1 Å². The molecule has 0 saturated carbocycles. The van der Waals surface area contributed by atoms with Gasteiger partial charge in [0.25, 0.3) is 0 Å². The van der Waals surface area contributed by atoms with Crippen LogP contribution in [0.4, 0.5) is 0 Å². The van der Waals surface area contributed by atoms with Crippen molar-refractivity contribution in [3.8, 4) is 0 Å². The van der Waals surface area contributed by atoms with Crippen LogP contribution in [0.1, 0.15) is 6.92 Å². The third-order valence-electron chi connectivity index (χ3n) is 0. The first kappa shape index (κ1) is 42.3. The van der Waals surface area contributed by atoms with E-state index in [0.717, 1.165) is 0 Å². The third-order valence-corrected chi connectivity index (χ3v) is 0. The first-order chi connectivity index (χ1) is 1.41. The van der Waals surface area contributed by atoms with Gasteiger partial charge in [0.05, 0.1) is 0 Å². The summed E-state index contributed by atoms with van der Waals surface area (Å²) in [4.78, 5) is 0. The molecule has 44 valence electrons. The average Bonchev–Trinajstić information content (AvgIpc) is 0.918. The summed E-state index contributed by atoms with van der Waals surface area (Å²) in [5, 5.41) is 0. The molecular weight excluding hydrogens is 428 g/mol. The average molecular weight is 439 g/mol. The van der Waals surface area contributed by atoms with Crippen molar-refractivity contribution in [2.45, 2.75) is 6.92 Å². The molecule has 0 N–H and O–H groups in total. The minimum absolute atomic E-state index is 0. The van der Waals surface area contributed by atoms with Gasteiger partial charge in [-0.3, -0.25) is 6.08 Å². The normalized spacial score (nSPS) is 1.86. The Balaban J connectivity index is -0.00000000333. The maximum atomic E-state index is 4.72. The van der Waals surface area contributed by atoms with Crippen LogP contribution in [0, 0.1) is 21.4 Å². The maximum absolute atomic E-state index is 4.72. The van der Waals surface area contributed by atoms with Crippen molar-refractivity contribution in [1.82, 2.24) is 0 Å². The maximum Gasteiger partial charge on any atom is 2.00 e. The van der Waals surface area contributed by atoms with Crippen molar-refractivity contribution in [2.75, 3.05) is 0 Å². The van der Waals surface area contributed by atoms with E-state index in [1.807, 2.05) is 0 Å². The fourth-order valence-electron chi connectivity index (χ4n) is 0. The van der Waals surface area contributed by atoms with Crippen LogP contribution in [0.15, 0.2) is 6.08 Å². The van der Waals surface area contributed by atoms with Crippen LogP contribution in [0.5, 0.6) is 0 Å². The molecule has 0 nitrogen and oxygen atoms in total. The van der Waals surface area contributed by atoms with Gasteiger partial charge in [-0.15, -0.1) is 0 Å². The molecule has 2 heteroatoms. The smallest absolute Gasteiger partial charge is 0.518 e. The van der Waals surface area contributed by atoms with Crippen LogP contribution in [0.2, 0.25) is 0 Å². The molecule has 0 heterocycles. The van der Waals surface area contributed by atoms with E-state index in [1.165, 1.54) is 6.08 Å². The summed E-state index contributed by atoms with van der Waals surface area (Å²) in [6.45, 7) is 6.50. The zero-order valence-electron chi connectivity index (χ0n) is 4.97. The Kier molecular flexibility index (Phi) is 359. The summed E-state index contributed by atoms with van der Waals surface area (Å²) >= 11 is 0. The number of allylic oxidation sites excluding steroid dienone is 1. The van der Waals surface area contributed by atoms with E-state index in [1.54, 1.807) is 6.92 Å². The Morgan fingerprint density at radius 1 is 1.29 bits per heavy atom. The number of rotatable bonds is 0. The second kappa shape index (κ2) is 59.4. The molecule has 0 aromatic rings. The van der Waals surface area contributed by atoms with E-state index in [4.69, 9.17) is 6.58 Å². The van der Waals surface area contributed by atoms with Crippen molar-refractivity contribution in [2.24, 2.45) is 0 Å². The van der Waals surface area contributed by atoms with Crippen LogP contribution < -0.4 is 0 Å². The molecule has 0 aromatic heterocycles. The topological polar surface area (TPSA) is 0 Å². The largest absolute Gasteiger partial charge is 2.00 e. The summed E-state index contributed by atoms with van der Waals surface area (Å²) in [6, 6.07) is 0. The van der Waals surface area contributed by atoms with E-state index >= 15 is 0 Å². The number of hydrogen-bond donors (Lipinski definition) is 0. The monoisotopic (exact) mass is 439 g/mol. The van der Waals surface area contributed by atoms with Gasteiger partial charge in [-0.2, -0.15) is 0 Å². The molecule has 0 spiro atoms. The molecular formula is C5H11W2-. The fourth-order valence-corrected chi connectivity index (χ4v) is 0. The fraction of sp³-hybridized carbons (Fsp3) is 0.200. The van der Waals surface area contributed by atoms with Crippen molar-refractivity contribution < 1.29 is 42.1 Å². The Morgan fingerprint density at radius 3 is 1.29 bits per heavy atom. The van der Waals surface area contributed by atoms with Crippen LogP contribution >= 0.6 is 0 Å². The second-order valence-corrected chi connectivity index (χ2v) is 0.333. The van der Waals surface area contributed by atoms with E-state index in [2.05, 4.69) is 0 Å². The first-order valence-corrected chi connectivity index (χ1v) is 0.911. The van der Waals surface area contributed by atoms with E-state index in [0.29, 0.717) is 0 Å². The van der Waals surface area contributed by atoms with Crippen LogP contribution in [0.25, 0.3) is 0 Å². The molecule has 0 unspecified atom stereocenters. The molecule has 0 amide bonds.